The third-order valence-corrected chi connectivity index (χ3v) is 3.33. The van der Waals surface area contributed by atoms with Crippen LogP contribution in [0.1, 0.15) is 9.67 Å². The maximum Gasteiger partial charge on any atom is 0.261 e. The lowest BCUT2D eigenvalue weighted by molar-refractivity contribution is 0.0951. The normalized spacial score (nSPS) is 9.95. The number of rotatable bonds is 6. The van der Waals surface area contributed by atoms with Gasteiger partial charge in [-0.05, 0) is 35.7 Å². The predicted molar refractivity (Wildman–Crippen MR) is 75.1 cm³/mol. The number of hydrogen-bond acceptors (Lipinski definition) is 4. The van der Waals surface area contributed by atoms with E-state index in [1.54, 1.807) is 13.2 Å². The minimum Gasteiger partial charge on any atom is -0.497 e. The van der Waals surface area contributed by atoms with Gasteiger partial charge in [-0.1, -0.05) is 6.07 Å². The summed E-state index contributed by atoms with van der Waals surface area (Å²) < 4.78 is 10.6. The Bertz CT molecular complexity index is 508. The largest absolute Gasteiger partial charge is 0.497 e. The average Bonchev–Trinajstić information content (AvgIpc) is 2.98. The van der Waals surface area contributed by atoms with Crippen LogP contribution in [0.4, 0.5) is 0 Å². The van der Waals surface area contributed by atoms with Gasteiger partial charge in [-0.15, -0.1) is 11.3 Å². The van der Waals surface area contributed by atoms with E-state index in [4.69, 9.17) is 9.47 Å². The molecular formula is C14H15NO3S. The topological polar surface area (TPSA) is 47.6 Å². The summed E-state index contributed by atoms with van der Waals surface area (Å²) in [5.41, 5.74) is 0. The van der Waals surface area contributed by atoms with Gasteiger partial charge in [-0.3, -0.25) is 4.79 Å². The minimum absolute atomic E-state index is 0.0617. The summed E-state index contributed by atoms with van der Waals surface area (Å²) in [4.78, 5) is 12.3. The van der Waals surface area contributed by atoms with Gasteiger partial charge in [0.05, 0.1) is 18.5 Å². The molecule has 0 aliphatic heterocycles. The lowest BCUT2D eigenvalue weighted by Crippen LogP contribution is -2.27. The van der Waals surface area contributed by atoms with E-state index >= 15 is 0 Å². The van der Waals surface area contributed by atoms with E-state index in [1.165, 1.54) is 11.3 Å². The quantitative estimate of drug-likeness (QED) is 0.826. The molecule has 2 aromatic rings. The fourth-order valence-electron chi connectivity index (χ4n) is 1.50. The van der Waals surface area contributed by atoms with Crippen molar-refractivity contribution in [3.63, 3.8) is 0 Å². The van der Waals surface area contributed by atoms with Crippen molar-refractivity contribution >= 4 is 17.2 Å². The van der Waals surface area contributed by atoms with Gasteiger partial charge in [-0.2, -0.15) is 0 Å². The molecule has 2 rings (SSSR count). The molecule has 100 valence electrons. The highest BCUT2D eigenvalue weighted by Crippen LogP contribution is 2.16. The Hall–Kier alpha value is -2.01. The van der Waals surface area contributed by atoms with E-state index in [-0.39, 0.29) is 5.91 Å². The zero-order valence-electron chi connectivity index (χ0n) is 10.6. The fourth-order valence-corrected chi connectivity index (χ4v) is 2.14. The SMILES string of the molecule is COc1ccc(OCCNC(=O)c2cccs2)cc1. The number of thiophene rings is 1. The molecule has 0 atom stereocenters. The van der Waals surface area contributed by atoms with E-state index in [0.29, 0.717) is 18.0 Å². The second-order valence-corrected chi connectivity index (χ2v) is 4.70. The molecule has 19 heavy (non-hydrogen) atoms. The van der Waals surface area contributed by atoms with Crippen molar-refractivity contribution in [1.82, 2.24) is 5.32 Å². The molecule has 1 N–H and O–H groups in total. The molecular weight excluding hydrogens is 262 g/mol. The zero-order chi connectivity index (χ0) is 13.5. The van der Waals surface area contributed by atoms with Gasteiger partial charge < -0.3 is 14.8 Å². The van der Waals surface area contributed by atoms with Crippen molar-refractivity contribution in [2.24, 2.45) is 0 Å². The van der Waals surface area contributed by atoms with Crippen LogP contribution >= 0.6 is 11.3 Å². The number of methoxy groups -OCH3 is 1. The minimum atomic E-state index is -0.0617. The van der Waals surface area contributed by atoms with Crippen molar-refractivity contribution in [2.75, 3.05) is 20.3 Å². The fraction of sp³-hybridized carbons (Fsp3) is 0.214. The Morgan fingerprint density at radius 2 is 1.95 bits per heavy atom. The molecule has 1 aromatic heterocycles. The maximum absolute atomic E-state index is 11.6. The highest BCUT2D eigenvalue weighted by atomic mass is 32.1. The van der Waals surface area contributed by atoms with Crippen molar-refractivity contribution in [2.45, 2.75) is 0 Å². The van der Waals surface area contributed by atoms with Crippen molar-refractivity contribution < 1.29 is 14.3 Å². The molecule has 0 radical (unpaired) electrons. The first kappa shape index (κ1) is 13.4. The second kappa shape index (κ2) is 6.80. The van der Waals surface area contributed by atoms with Crippen LogP contribution in [-0.2, 0) is 0 Å². The van der Waals surface area contributed by atoms with Crippen LogP contribution in [0.5, 0.6) is 11.5 Å². The van der Waals surface area contributed by atoms with Crippen LogP contribution < -0.4 is 14.8 Å². The second-order valence-electron chi connectivity index (χ2n) is 3.76. The standard InChI is InChI=1S/C14H15NO3S/c1-17-11-4-6-12(7-5-11)18-9-8-15-14(16)13-3-2-10-19-13/h2-7,10H,8-9H2,1H3,(H,15,16). The molecule has 1 amide bonds. The number of benzene rings is 1. The number of carbonyl (C=O) groups is 1. The first-order valence-corrected chi connectivity index (χ1v) is 6.76. The van der Waals surface area contributed by atoms with Gasteiger partial charge in [0.2, 0.25) is 0 Å². The van der Waals surface area contributed by atoms with Gasteiger partial charge in [0.25, 0.3) is 5.91 Å². The first-order chi connectivity index (χ1) is 9.29. The van der Waals surface area contributed by atoms with Crippen LogP contribution in [0.25, 0.3) is 0 Å². The Kier molecular flexibility index (Phi) is 4.80. The molecule has 1 aromatic carbocycles. The van der Waals surface area contributed by atoms with E-state index in [0.717, 1.165) is 11.5 Å². The van der Waals surface area contributed by atoms with Crippen LogP contribution in [0.2, 0.25) is 0 Å². The van der Waals surface area contributed by atoms with E-state index in [1.807, 2.05) is 35.7 Å². The van der Waals surface area contributed by atoms with E-state index in [9.17, 15) is 4.79 Å². The molecule has 4 nitrogen and oxygen atoms in total. The van der Waals surface area contributed by atoms with Crippen molar-refractivity contribution in [3.05, 3.63) is 46.7 Å². The summed E-state index contributed by atoms with van der Waals surface area (Å²) in [5, 5.41) is 4.68. The zero-order valence-corrected chi connectivity index (χ0v) is 11.4. The van der Waals surface area contributed by atoms with Crippen LogP contribution in [0.3, 0.4) is 0 Å². The van der Waals surface area contributed by atoms with Crippen molar-refractivity contribution in [1.29, 1.82) is 0 Å². The summed E-state index contributed by atoms with van der Waals surface area (Å²) in [6, 6.07) is 11.0. The Labute approximate surface area is 116 Å². The molecule has 5 heteroatoms. The number of nitrogens with one attached hydrogen (secondary N) is 1. The van der Waals surface area contributed by atoms with E-state index in [2.05, 4.69) is 5.32 Å². The molecule has 0 unspecified atom stereocenters. The lowest BCUT2D eigenvalue weighted by Gasteiger charge is -2.07. The third kappa shape index (κ3) is 3.99. The smallest absolute Gasteiger partial charge is 0.261 e. The average molecular weight is 277 g/mol. The highest BCUT2D eigenvalue weighted by molar-refractivity contribution is 7.12. The van der Waals surface area contributed by atoms with Gasteiger partial charge in [-0.25, -0.2) is 0 Å². The molecule has 0 aliphatic carbocycles. The number of ether oxygens (including phenoxy) is 2. The molecule has 0 spiro atoms. The number of carbonyl (C=O) groups excluding carboxylic acids is 1. The maximum atomic E-state index is 11.6. The Balaban J connectivity index is 1.70. The summed E-state index contributed by atoms with van der Waals surface area (Å²) in [6.07, 6.45) is 0. The summed E-state index contributed by atoms with van der Waals surface area (Å²) in [5.74, 6) is 1.48. The van der Waals surface area contributed by atoms with Crippen LogP contribution in [0, 0.1) is 0 Å². The lowest BCUT2D eigenvalue weighted by atomic mass is 10.3. The molecule has 0 fully saturated rings. The molecule has 0 saturated carbocycles. The Morgan fingerprint density at radius 3 is 2.58 bits per heavy atom. The Morgan fingerprint density at radius 1 is 1.21 bits per heavy atom. The summed E-state index contributed by atoms with van der Waals surface area (Å²) in [6.45, 7) is 0.909. The molecule has 0 bridgehead atoms. The van der Waals surface area contributed by atoms with Crippen LogP contribution in [0.15, 0.2) is 41.8 Å². The van der Waals surface area contributed by atoms with Crippen molar-refractivity contribution in [3.8, 4) is 11.5 Å². The molecule has 0 aliphatic rings. The predicted octanol–water partition coefficient (Wildman–Crippen LogP) is 2.57. The van der Waals surface area contributed by atoms with Crippen LogP contribution in [-0.4, -0.2) is 26.2 Å². The number of amides is 1. The third-order valence-electron chi connectivity index (χ3n) is 2.46. The van der Waals surface area contributed by atoms with Gasteiger partial charge >= 0.3 is 0 Å². The molecule has 1 heterocycles. The monoisotopic (exact) mass is 277 g/mol. The summed E-state index contributed by atoms with van der Waals surface area (Å²) in [7, 11) is 1.62. The van der Waals surface area contributed by atoms with Gasteiger partial charge in [0.15, 0.2) is 0 Å². The number of hydrogen-bond donors (Lipinski definition) is 1. The highest BCUT2D eigenvalue weighted by Gasteiger charge is 2.04. The van der Waals surface area contributed by atoms with E-state index < -0.39 is 0 Å². The van der Waals surface area contributed by atoms with Gasteiger partial charge in [0, 0.05) is 0 Å². The molecule has 0 saturated heterocycles. The van der Waals surface area contributed by atoms with Gasteiger partial charge in [0.1, 0.15) is 18.1 Å². The summed E-state index contributed by atoms with van der Waals surface area (Å²) >= 11 is 1.42. The first-order valence-electron chi connectivity index (χ1n) is 5.88.